The van der Waals surface area contributed by atoms with Gasteiger partial charge in [-0.15, -0.1) is 0 Å². The highest BCUT2D eigenvalue weighted by molar-refractivity contribution is 5.27. The standard InChI is InChI=1S/C27H34FN3O3/c1-22-29-14-17-31(22)18-19-33-24-10-8-23(9-11-24)20-30-15-5-12-27(32-2,13-16-30)21-34-26-7-4-3-6-25(26)28/h3-4,6-11,14,17H,5,12-13,15-16,18-21H2,1-2H3/t27-/m1/s1. The van der Waals surface area contributed by atoms with Crippen molar-refractivity contribution in [2.75, 3.05) is 33.4 Å². The van der Waals surface area contributed by atoms with Crippen LogP contribution in [0.5, 0.6) is 11.5 Å². The first kappa shape index (κ1) is 24.2. The Kier molecular flexibility index (Phi) is 8.19. The van der Waals surface area contributed by atoms with Crippen LogP contribution in [-0.2, 0) is 17.8 Å². The van der Waals surface area contributed by atoms with Crippen molar-refractivity contribution in [3.8, 4) is 11.5 Å². The third-order valence-electron chi connectivity index (χ3n) is 6.60. The number of aromatic nitrogens is 2. The molecule has 0 saturated carbocycles. The predicted molar refractivity (Wildman–Crippen MR) is 130 cm³/mol. The predicted octanol–water partition coefficient (Wildman–Crippen LogP) is 4.86. The van der Waals surface area contributed by atoms with E-state index >= 15 is 0 Å². The van der Waals surface area contributed by atoms with Gasteiger partial charge in [-0.1, -0.05) is 24.3 Å². The number of ether oxygens (including phenoxy) is 3. The number of nitrogens with zero attached hydrogens (tertiary/aromatic N) is 3. The fourth-order valence-electron chi connectivity index (χ4n) is 4.41. The number of imidazole rings is 1. The monoisotopic (exact) mass is 467 g/mol. The molecule has 0 aliphatic carbocycles. The van der Waals surface area contributed by atoms with Gasteiger partial charge in [0, 0.05) is 32.6 Å². The highest BCUT2D eigenvalue weighted by Gasteiger charge is 2.34. The number of methoxy groups -OCH3 is 1. The molecule has 4 rings (SSSR count). The maximum absolute atomic E-state index is 13.9. The van der Waals surface area contributed by atoms with Gasteiger partial charge < -0.3 is 18.8 Å². The summed E-state index contributed by atoms with van der Waals surface area (Å²) < 4.78 is 33.6. The zero-order valence-electron chi connectivity index (χ0n) is 20.1. The minimum Gasteiger partial charge on any atom is -0.492 e. The highest BCUT2D eigenvalue weighted by atomic mass is 19.1. The Labute approximate surface area is 201 Å². The van der Waals surface area contributed by atoms with E-state index in [1.165, 1.54) is 11.6 Å². The summed E-state index contributed by atoms with van der Waals surface area (Å²) in [6.07, 6.45) is 6.50. The first-order valence-electron chi connectivity index (χ1n) is 11.9. The average Bonchev–Trinajstić information content (AvgIpc) is 3.15. The quantitative estimate of drug-likeness (QED) is 0.426. The molecule has 1 aliphatic heterocycles. The summed E-state index contributed by atoms with van der Waals surface area (Å²) in [6.45, 7) is 6.50. The molecule has 2 heterocycles. The fourth-order valence-corrected chi connectivity index (χ4v) is 4.41. The fraction of sp³-hybridized carbons (Fsp3) is 0.444. The van der Waals surface area contributed by atoms with E-state index in [2.05, 4.69) is 26.6 Å². The Hall–Kier alpha value is -2.90. The van der Waals surface area contributed by atoms with Crippen molar-refractivity contribution in [3.05, 3.63) is 78.1 Å². The van der Waals surface area contributed by atoms with Gasteiger partial charge >= 0.3 is 0 Å². The molecule has 0 spiro atoms. The van der Waals surface area contributed by atoms with Gasteiger partial charge in [0.15, 0.2) is 11.6 Å². The molecule has 2 aromatic carbocycles. The Bertz CT molecular complexity index is 1040. The first-order chi connectivity index (χ1) is 16.6. The van der Waals surface area contributed by atoms with E-state index in [1.54, 1.807) is 31.5 Å². The smallest absolute Gasteiger partial charge is 0.165 e. The summed E-state index contributed by atoms with van der Waals surface area (Å²) in [6, 6.07) is 14.9. The number of benzene rings is 2. The topological polar surface area (TPSA) is 48.8 Å². The molecule has 1 fully saturated rings. The second-order valence-corrected chi connectivity index (χ2v) is 8.90. The number of aryl methyl sites for hydroxylation is 1. The Balaban J connectivity index is 1.25. The zero-order chi connectivity index (χ0) is 23.8. The van der Waals surface area contributed by atoms with Gasteiger partial charge in [-0.25, -0.2) is 9.37 Å². The third kappa shape index (κ3) is 6.36. The molecule has 6 nitrogen and oxygen atoms in total. The third-order valence-corrected chi connectivity index (χ3v) is 6.60. The normalized spacial score (nSPS) is 19.0. The molecule has 1 atom stereocenters. The van der Waals surface area contributed by atoms with Gasteiger partial charge in [-0.2, -0.15) is 0 Å². The molecular weight excluding hydrogens is 433 g/mol. The van der Waals surface area contributed by atoms with E-state index in [9.17, 15) is 4.39 Å². The second kappa shape index (κ2) is 11.5. The van der Waals surface area contributed by atoms with Crippen molar-refractivity contribution < 1.29 is 18.6 Å². The Morgan fingerprint density at radius 1 is 1.03 bits per heavy atom. The van der Waals surface area contributed by atoms with E-state index in [4.69, 9.17) is 14.2 Å². The van der Waals surface area contributed by atoms with Crippen LogP contribution >= 0.6 is 0 Å². The number of likely N-dealkylation sites (tertiary alicyclic amines) is 1. The maximum atomic E-state index is 13.9. The van der Waals surface area contributed by atoms with Crippen molar-refractivity contribution in [1.29, 1.82) is 0 Å². The van der Waals surface area contributed by atoms with E-state index < -0.39 is 5.60 Å². The van der Waals surface area contributed by atoms with Crippen molar-refractivity contribution in [2.24, 2.45) is 0 Å². The lowest BCUT2D eigenvalue weighted by atomic mass is 9.95. The summed E-state index contributed by atoms with van der Waals surface area (Å²) >= 11 is 0. The largest absolute Gasteiger partial charge is 0.492 e. The van der Waals surface area contributed by atoms with Crippen LogP contribution in [0.15, 0.2) is 60.9 Å². The van der Waals surface area contributed by atoms with Crippen LogP contribution in [0.3, 0.4) is 0 Å². The summed E-state index contributed by atoms with van der Waals surface area (Å²) in [7, 11) is 1.73. The maximum Gasteiger partial charge on any atom is 0.165 e. The molecule has 34 heavy (non-hydrogen) atoms. The lowest BCUT2D eigenvalue weighted by Crippen LogP contribution is -2.39. The van der Waals surface area contributed by atoms with E-state index in [0.29, 0.717) is 13.2 Å². The van der Waals surface area contributed by atoms with Crippen LogP contribution in [0.1, 0.15) is 30.7 Å². The van der Waals surface area contributed by atoms with Crippen LogP contribution in [0, 0.1) is 12.7 Å². The Morgan fingerprint density at radius 3 is 2.59 bits per heavy atom. The van der Waals surface area contributed by atoms with Gasteiger partial charge in [0.25, 0.3) is 0 Å². The first-order valence-corrected chi connectivity index (χ1v) is 11.9. The van der Waals surface area contributed by atoms with Gasteiger partial charge in [0.05, 0.1) is 6.54 Å². The molecule has 1 saturated heterocycles. The van der Waals surface area contributed by atoms with Crippen molar-refractivity contribution >= 4 is 0 Å². The number of hydrogen-bond donors (Lipinski definition) is 0. The lowest BCUT2D eigenvalue weighted by Gasteiger charge is -2.31. The molecule has 1 aromatic heterocycles. The van der Waals surface area contributed by atoms with Gasteiger partial charge in [0.2, 0.25) is 0 Å². The van der Waals surface area contributed by atoms with E-state index in [-0.39, 0.29) is 11.6 Å². The van der Waals surface area contributed by atoms with Crippen LogP contribution in [-0.4, -0.2) is 53.5 Å². The van der Waals surface area contributed by atoms with Crippen molar-refractivity contribution in [2.45, 2.75) is 44.9 Å². The summed E-state index contributed by atoms with van der Waals surface area (Å²) in [4.78, 5) is 6.68. The highest BCUT2D eigenvalue weighted by Crippen LogP contribution is 2.29. The SMILES string of the molecule is CO[C@]1(COc2ccccc2F)CCCN(Cc2ccc(OCCn3ccnc3C)cc2)CC1. The minimum absolute atomic E-state index is 0.280. The average molecular weight is 468 g/mol. The molecule has 182 valence electrons. The summed E-state index contributed by atoms with van der Waals surface area (Å²) in [5.41, 5.74) is 0.854. The molecule has 0 radical (unpaired) electrons. The number of hydrogen-bond acceptors (Lipinski definition) is 5. The second-order valence-electron chi connectivity index (χ2n) is 8.90. The summed E-state index contributed by atoms with van der Waals surface area (Å²) in [5.74, 6) is 1.81. The zero-order valence-corrected chi connectivity index (χ0v) is 20.1. The van der Waals surface area contributed by atoms with E-state index in [1.807, 2.05) is 25.3 Å². The van der Waals surface area contributed by atoms with Crippen LogP contribution < -0.4 is 9.47 Å². The molecular formula is C27H34FN3O3. The number of para-hydroxylation sites is 1. The van der Waals surface area contributed by atoms with Gasteiger partial charge in [-0.3, -0.25) is 4.90 Å². The minimum atomic E-state index is -0.400. The van der Waals surface area contributed by atoms with Crippen molar-refractivity contribution in [1.82, 2.24) is 14.5 Å². The van der Waals surface area contributed by atoms with Crippen LogP contribution in [0.2, 0.25) is 0 Å². The molecule has 0 N–H and O–H groups in total. The van der Waals surface area contributed by atoms with Gasteiger partial charge in [0.1, 0.15) is 30.4 Å². The molecule has 7 heteroatoms. The van der Waals surface area contributed by atoms with Gasteiger partial charge in [-0.05, 0) is 62.6 Å². The molecule has 3 aromatic rings. The van der Waals surface area contributed by atoms with Crippen LogP contribution in [0.4, 0.5) is 4.39 Å². The Morgan fingerprint density at radius 2 is 1.85 bits per heavy atom. The number of halogens is 1. The molecule has 0 bridgehead atoms. The lowest BCUT2D eigenvalue weighted by molar-refractivity contribution is -0.0548. The number of rotatable bonds is 10. The molecule has 0 amide bonds. The van der Waals surface area contributed by atoms with E-state index in [0.717, 1.165) is 57.0 Å². The van der Waals surface area contributed by atoms with Crippen LogP contribution in [0.25, 0.3) is 0 Å². The summed E-state index contributed by atoms with van der Waals surface area (Å²) in [5, 5.41) is 0. The molecule has 1 aliphatic rings. The molecule has 0 unspecified atom stereocenters. The van der Waals surface area contributed by atoms with Crippen molar-refractivity contribution in [3.63, 3.8) is 0 Å².